The zero-order valence-electron chi connectivity index (χ0n) is 11.8. The summed E-state index contributed by atoms with van der Waals surface area (Å²) in [7, 11) is 0. The Hall–Kier alpha value is -2.46. The molecule has 4 heteroatoms. The molecule has 0 saturated heterocycles. The molecule has 0 aliphatic carbocycles. The van der Waals surface area contributed by atoms with Gasteiger partial charge in [0.25, 0.3) is 0 Å². The number of nitrogens with two attached hydrogens (primary N) is 1. The smallest absolute Gasteiger partial charge is 0.123 e. The van der Waals surface area contributed by atoms with Crippen molar-refractivity contribution < 1.29 is 4.39 Å². The molecule has 1 heterocycles. The van der Waals surface area contributed by atoms with E-state index in [9.17, 15) is 4.39 Å². The molecule has 0 atom stereocenters. The summed E-state index contributed by atoms with van der Waals surface area (Å²) in [4.78, 5) is 0. The minimum atomic E-state index is -0.258. The Kier molecular flexibility index (Phi) is 3.54. The van der Waals surface area contributed by atoms with Crippen LogP contribution in [0.5, 0.6) is 0 Å². The molecule has 0 spiro atoms. The van der Waals surface area contributed by atoms with Crippen LogP contribution in [0.25, 0.3) is 16.9 Å². The number of hydrogen-bond donors (Lipinski definition) is 1. The van der Waals surface area contributed by atoms with Crippen molar-refractivity contribution in [3.8, 4) is 16.9 Å². The Morgan fingerprint density at radius 2 is 1.90 bits per heavy atom. The fourth-order valence-corrected chi connectivity index (χ4v) is 2.31. The monoisotopic (exact) mass is 281 g/mol. The number of nitrogens with zero attached hydrogens (tertiary/aromatic N) is 2. The third kappa shape index (κ3) is 2.71. The van der Waals surface area contributed by atoms with Crippen LogP contribution in [0.4, 0.5) is 4.39 Å². The fraction of sp³-hybridized carbons (Fsp3) is 0.118. The van der Waals surface area contributed by atoms with Crippen LogP contribution in [0.3, 0.4) is 0 Å². The van der Waals surface area contributed by atoms with Crippen molar-refractivity contribution in [1.29, 1.82) is 0 Å². The Balaban J connectivity index is 2.08. The molecule has 3 rings (SSSR count). The van der Waals surface area contributed by atoms with Gasteiger partial charge in [-0.3, -0.25) is 0 Å². The van der Waals surface area contributed by atoms with Gasteiger partial charge in [0.2, 0.25) is 0 Å². The van der Waals surface area contributed by atoms with Crippen molar-refractivity contribution in [2.45, 2.75) is 13.5 Å². The highest BCUT2D eigenvalue weighted by Crippen LogP contribution is 2.24. The van der Waals surface area contributed by atoms with Crippen LogP contribution in [-0.2, 0) is 6.54 Å². The quantitative estimate of drug-likeness (QED) is 0.799. The number of halogens is 1. The molecule has 0 aliphatic rings. The second-order valence-corrected chi connectivity index (χ2v) is 5.00. The number of rotatable bonds is 3. The lowest BCUT2D eigenvalue weighted by atomic mass is 10.1. The molecule has 21 heavy (non-hydrogen) atoms. The van der Waals surface area contributed by atoms with Crippen molar-refractivity contribution >= 4 is 0 Å². The summed E-state index contributed by atoms with van der Waals surface area (Å²) in [5.41, 5.74) is 10.6. The van der Waals surface area contributed by atoms with Gasteiger partial charge >= 0.3 is 0 Å². The van der Waals surface area contributed by atoms with E-state index in [0.717, 1.165) is 22.5 Å². The third-order valence-electron chi connectivity index (χ3n) is 3.39. The summed E-state index contributed by atoms with van der Waals surface area (Å²) >= 11 is 0. The average molecular weight is 281 g/mol. The van der Waals surface area contributed by atoms with Gasteiger partial charge in [-0.25, -0.2) is 9.07 Å². The van der Waals surface area contributed by atoms with Crippen molar-refractivity contribution in [3.63, 3.8) is 0 Å². The molecule has 106 valence electrons. The van der Waals surface area contributed by atoms with Gasteiger partial charge in [0.1, 0.15) is 5.82 Å². The minimum Gasteiger partial charge on any atom is -0.326 e. The van der Waals surface area contributed by atoms with E-state index in [1.165, 1.54) is 17.7 Å². The molecule has 1 aromatic heterocycles. The van der Waals surface area contributed by atoms with E-state index >= 15 is 0 Å². The molecule has 0 radical (unpaired) electrons. The maximum atomic E-state index is 13.0. The highest BCUT2D eigenvalue weighted by molar-refractivity contribution is 5.63. The Morgan fingerprint density at radius 3 is 2.57 bits per heavy atom. The predicted molar refractivity (Wildman–Crippen MR) is 81.6 cm³/mol. The van der Waals surface area contributed by atoms with E-state index < -0.39 is 0 Å². The first kappa shape index (κ1) is 13.5. The summed E-state index contributed by atoms with van der Waals surface area (Å²) < 4.78 is 14.9. The molecule has 0 amide bonds. The van der Waals surface area contributed by atoms with Gasteiger partial charge in [-0.2, -0.15) is 5.10 Å². The van der Waals surface area contributed by atoms with Gasteiger partial charge in [0.05, 0.1) is 11.4 Å². The van der Waals surface area contributed by atoms with Gasteiger partial charge in [-0.15, -0.1) is 0 Å². The molecule has 2 N–H and O–H groups in total. The second-order valence-electron chi connectivity index (χ2n) is 5.00. The van der Waals surface area contributed by atoms with Crippen LogP contribution < -0.4 is 5.73 Å². The maximum absolute atomic E-state index is 13.0. The van der Waals surface area contributed by atoms with Gasteiger partial charge in [0, 0.05) is 23.9 Å². The normalized spacial score (nSPS) is 10.8. The van der Waals surface area contributed by atoms with E-state index in [1.807, 2.05) is 36.0 Å². The molecular formula is C17H16FN3. The van der Waals surface area contributed by atoms with E-state index in [1.54, 1.807) is 12.1 Å². The first-order chi connectivity index (χ1) is 10.2. The van der Waals surface area contributed by atoms with Crippen molar-refractivity contribution in [1.82, 2.24) is 9.78 Å². The van der Waals surface area contributed by atoms with Crippen LogP contribution in [0, 0.1) is 12.7 Å². The molecule has 0 fully saturated rings. The van der Waals surface area contributed by atoms with Crippen LogP contribution >= 0.6 is 0 Å². The van der Waals surface area contributed by atoms with Gasteiger partial charge in [-0.1, -0.05) is 12.1 Å². The van der Waals surface area contributed by atoms with Crippen molar-refractivity contribution in [2.75, 3.05) is 0 Å². The lowest BCUT2D eigenvalue weighted by Crippen LogP contribution is -1.96. The second kappa shape index (κ2) is 5.50. The SMILES string of the molecule is Cc1cccc(-n2cc(CN)c(-c3ccc(F)cc3)n2)c1. The Bertz CT molecular complexity index is 760. The number of hydrogen-bond acceptors (Lipinski definition) is 2. The maximum Gasteiger partial charge on any atom is 0.123 e. The highest BCUT2D eigenvalue weighted by Gasteiger charge is 2.11. The average Bonchev–Trinajstić information content (AvgIpc) is 2.92. The molecule has 0 unspecified atom stereocenters. The van der Waals surface area contributed by atoms with E-state index in [0.29, 0.717) is 6.54 Å². The standard InChI is InChI=1S/C17H16FN3/c1-12-3-2-4-16(9-12)21-11-14(10-19)17(20-21)13-5-7-15(18)8-6-13/h2-9,11H,10,19H2,1H3. The fourth-order valence-electron chi connectivity index (χ4n) is 2.31. The zero-order chi connectivity index (χ0) is 14.8. The lowest BCUT2D eigenvalue weighted by Gasteiger charge is -2.02. The summed E-state index contributed by atoms with van der Waals surface area (Å²) in [6.07, 6.45) is 1.92. The van der Waals surface area contributed by atoms with E-state index in [-0.39, 0.29) is 5.82 Å². The van der Waals surface area contributed by atoms with Gasteiger partial charge in [-0.05, 0) is 48.9 Å². The number of aryl methyl sites for hydroxylation is 1. The lowest BCUT2D eigenvalue weighted by molar-refractivity contribution is 0.628. The summed E-state index contributed by atoms with van der Waals surface area (Å²) in [6, 6.07) is 14.4. The summed E-state index contributed by atoms with van der Waals surface area (Å²) in [6.45, 7) is 2.43. The van der Waals surface area contributed by atoms with Crippen LogP contribution in [0.2, 0.25) is 0 Å². The van der Waals surface area contributed by atoms with E-state index in [2.05, 4.69) is 11.2 Å². The summed E-state index contributed by atoms with van der Waals surface area (Å²) in [5, 5.41) is 4.61. The minimum absolute atomic E-state index is 0.258. The largest absolute Gasteiger partial charge is 0.326 e. The third-order valence-corrected chi connectivity index (χ3v) is 3.39. The van der Waals surface area contributed by atoms with E-state index in [4.69, 9.17) is 5.73 Å². The topological polar surface area (TPSA) is 43.8 Å². The van der Waals surface area contributed by atoms with Gasteiger partial charge in [0.15, 0.2) is 0 Å². The summed E-state index contributed by atoms with van der Waals surface area (Å²) in [5.74, 6) is -0.258. The molecule has 0 bridgehead atoms. The molecule has 3 aromatic rings. The number of aromatic nitrogens is 2. The Labute approximate surface area is 122 Å². The first-order valence-electron chi connectivity index (χ1n) is 6.79. The molecule has 3 nitrogen and oxygen atoms in total. The molecule has 2 aromatic carbocycles. The Morgan fingerprint density at radius 1 is 1.14 bits per heavy atom. The molecule has 0 aliphatic heterocycles. The van der Waals surface area contributed by atoms with Crippen LogP contribution in [0.15, 0.2) is 54.7 Å². The predicted octanol–water partition coefficient (Wildman–Crippen LogP) is 3.45. The number of benzene rings is 2. The zero-order valence-corrected chi connectivity index (χ0v) is 11.8. The van der Waals surface area contributed by atoms with Crippen molar-refractivity contribution in [3.05, 3.63) is 71.7 Å². The highest BCUT2D eigenvalue weighted by atomic mass is 19.1. The first-order valence-corrected chi connectivity index (χ1v) is 6.79. The van der Waals surface area contributed by atoms with Crippen molar-refractivity contribution in [2.24, 2.45) is 5.73 Å². The molecule has 0 saturated carbocycles. The van der Waals surface area contributed by atoms with Gasteiger partial charge < -0.3 is 5.73 Å². The van der Waals surface area contributed by atoms with Crippen LogP contribution in [-0.4, -0.2) is 9.78 Å². The molecular weight excluding hydrogens is 265 g/mol. The van der Waals surface area contributed by atoms with Crippen LogP contribution in [0.1, 0.15) is 11.1 Å².